The molecule has 1 aliphatic heterocycles. The molecule has 0 aromatic carbocycles. The maximum atomic E-state index is 12.7. The Morgan fingerprint density at radius 3 is 2.57 bits per heavy atom. The second kappa shape index (κ2) is 8.14. The molecule has 1 fully saturated rings. The second-order valence-electron chi connectivity index (χ2n) is 5.71. The van der Waals surface area contributed by atoms with Crippen molar-refractivity contribution in [1.82, 2.24) is 15.2 Å². The number of nitrogens with zero attached hydrogens (tertiary/aromatic N) is 3. The highest BCUT2D eigenvalue weighted by molar-refractivity contribution is 7.13. The largest absolute Gasteiger partial charge is 0.450 e. The summed E-state index contributed by atoms with van der Waals surface area (Å²) in [5.41, 5.74) is 0. The van der Waals surface area contributed by atoms with Crippen LogP contribution in [0.25, 0.3) is 0 Å². The van der Waals surface area contributed by atoms with Crippen LogP contribution in [-0.4, -0.2) is 60.7 Å². The van der Waals surface area contributed by atoms with Crippen molar-refractivity contribution in [3.63, 3.8) is 0 Å². The minimum absolute atomic E-state index is 0.00361. The molecule has 2 heterocycles. The summed E-state index contributed by atoms with van der Waals surface area (Å²) in [6.07, 6.45) is 1.25. The van der Waals surface area contributed by atoms with Crippen LogP contribution in [0.15, 0.2) is 11.6 Å². The van der Waals surface area contributed by atoms with Crippen molar-refractivity contribution in [3.05, 3.63) is 11.6 Å². The van der Waals surface area contributed by atoms with Crippen LogP contribution in [0.4, 0.5) is 9.93 Å². The van der Waals surface area contributed by atoms with Gasteiger partial charge in [0.1, 0.15) is 6.04 Å². The number of amides is 2. The Bertz CT molecular complexity index is 513. The zero-order valence-electron chi connectivity index (χ0n) is 13.8. The predicted molar refractivity (Wildman–Crippen MR) is 89.7 cm³/mol. The van der Waals surface area contributed by atoms with E-state index < -0.39 is 12.1 Å². The summed E-state index contributed by atoms with van der Waals surface area (Å²) in [5.74, 6) is -0.0456. The van der Waals surface area contributed by atoms with Crippen molar-refractivity contribution in [1.29, 1.82) is 0 Å². The van der Waals surface area contributed by atoms with Gasteiger partial charge in [-0.1, -0.05) is 13.8 Å². The first-order chi connectivity index (χ1) is 11.0. The number of thiazole rings is 1. The molecule has 0 spiro atoms. The van der Waals surface area contributed by atoms with Gasteiger partial charge in [-0.25, -0.2) is 9.78 Å². The number of rotatable bonds is 5. The maximum Gasteiger partial charge on any atom is 0.407 e. The molecular weight excluding hydrogens is 316 g/mol. The van der Waals surface area contributed by atoms with Gasteiger partial charge in [-0.3, -0.25) is 4.79 Å². The molecule has 1 saturated heterocycles. The maximum absolute atomic E-state index is 12.7. The lowest BCUT2D eigenvalue weighted by Crippen LogP contribution is -2.56. The van der Waals surface area contributed by atoms with Crippen LogP contribution in [0.2, 0.25) is 0 Å². The van der Waals surface area contributed by atoms with Crippen LogP contribution < -0.4 is 10.2 Å². The Kier molecular flexibility index (Phi) is 6.20. The van der Waals surface area contributed by atoms with Crippen LogP contribution in [0.1, 0.15) is 20.8 Å². The quantitative estimate of drug-likeness (QED) is 0.880. The molecule has 7 nitrogen and oxygen atoms in total. The molecule has 1 aliphatic rings. The van der Waals surface area contributed by atoms with E-state index in [9.17, 15) is 9.59 Å². The third kappa shape index (κ3) is 4.57. The summed E-state index contributed by atoms with van der Waals surface area (Å²) >= 11 is 1.60. The topological polar surface area (TPSA) is 74.8 Å². The molecule has 23 heavy (non-hydrogen) atoms. The summed E-state index contributed by atoms with van der Waals surface area (Å²) in [5, 5.41) is 5.61. The molecule has 0 bridgehead atoms. The molecule has 2 rings (SSSR count). The summed E-state index contributed by atoms with van der Waals surface area (Å²) in [7, 11) is 0. The third-order valence-electron chi connectivity index (χ3n) is 3.76. The highest BCUT2D eigenvalue weighted by Gasteiger charge is 2.31. The minimum atomic E-state index is -0.555. The number of anilines is 1. The summed E-state index contributed by atoms with van der Waals surface area (Å²) in [6.45, 7) is 8.63. The first-order valence-corrected chi connectivity index (χ1v) is 8.77. The van der Waals surface area contributed by atoms with Crippen molar-refractivity contribution in [2.75, 3.05) is 37.7 Å². The van der Waals surface area contributed by atoms with Gasteiger partial charge in [0.05, 0.1) is 6.61 Å². The Morgan fingerprint density at radius 1 is 1.35 bits per heavy atom. The molecule has 1 unspecified atom stereocenters. The first kappa shape index (κ1) is 17.5. The summed E-state index contributed by atoms with van der Waals surface area (Å²) in [6, 6.07) is -0.555. The normalized spacial score (nSPS) is 16.3. The minimum Gasteiger partial charge on any atom is -0.450 e. The number of carbonyl (C=O) groups excluding carboxylic acids is 2. The van der Waals surface area contributed by atoms with Crippen LogP contribution in [0, 0.1) is 5.92 Å². The number of piperazine rings is 1. The van der Waals surface area contributed by atoms with Crippen molar-refractivity contribution in [3.8, 4) is 0 Å². The molecule has 1 atom stereocenters. The van der Waals surface area contributed by atoms with Crippen LogP contribution in [0.3, 0.4) is 0 Å². The van der Waals surface area contributed by atoms with Crippen LogP contribution in [0.5, 0.6) is 0 Å². The van der Waals surface area contributed by atoms with E-state index in [1.54, 1.807) is 29.4 Å². The van der Waals surface area contributed by atoms with Crippen molar-refractivity contribution in [2.45, 2.75) is 26.8 Å². The first-order valence-electron chi connectivity index (χ1n) is 7.89. The summed E-state index contributed by atoms with van der Waals surface area (Å²) in [4.78, 5) is 32.6. The van der Waals surface area contributed by atoms with Gasteiger partial charge in [-0.05, 0) is 12.8 Å². The van der Waals surface area contributed by atoms with E-state index in [2.05, 4.69) is 15.2 Å². The van der Waals surface area contributed by atoms with E-state index in [4.69, 9.17) is 4.74 Å². The molecule has 2 amide bonds. The van der Waals surface area contributed by atoms with E-state index in [1.165, 1.54) is 0 Å². The fourth-order valence-corrected chi connectivity index (χ4v) is 3.20. The van der Waals surface area contributed by atoms with Gasteiger partial charge in [0.2, 0.25) is 5.91 Å². The standard InChI is InChI=1S/C15H24N4O3S/c1-4-22-15(21)17-12(11(2)3)13(20)18-6-8-19(9-7-18)14-16-5-10-23-14/h5,10-12H,4,6-9H2,1-3H3,(H,17,21). The molecule has 0 aliphatic carbocycles. The number of aromatic nitrogens is 1. The van der Waals surface area contributed by atoms with E-state index in [0.717, 1.165) is 18.2 Å². The smallest absolute Gasteiger partial charge is 0.407 e. The monoisotopic (exact) mass is 340 g/mol. The Morgan fingerprint density at radius 2 is 2.04 bits per heavy atom. The van der Waals surface area contributed by atoms with Gasteiger partial charge >= 0.3 is 6.09 Å². The Balaban J connectivity index is 1.92. The molecule has 8 heteroatoms. The zero-order valence-corrected chi connectivity index (χ0v) is 14.6. The van der Waals surface area contributed by atoms with Crippen molar-refractivity contribution >= 4 is 28.5 Å². The van der Waals surface area contributed by atoms with Crippen molar-refractivity contribution in [2.24, 2.45) is 5.92 Å². The number of hydrogen-bond acceptors (Lipinski definition) is 6. The highest BCUT2D eigenvalue weighted by atomic mass is 32.1. The number of nitrogens with one attached hydrogen (secondary N) is 1. The third-order valence-corrected chi connectivity index (χ3v) is 4.59. The van der Waals surface area contributed by atoms with E-state index in [-0.39, 0.29) is 18.4 Å². The lowest BCUT2D eigenvalue weighted by Gasteiger charge is -2.37. The molecule has 1 aromatic rings. The average molecular weight is 340 g/mol. The predicted octanol–water partition coefficient (Wildman–Crippen LogP) is 1.56. The van der Waals surface area contributed by atoms with Gasteiger partial charge in [0, 0.05) is 37.8 Å². The van der Waals surface area contributed by atoms with E-state index >= 15 is 0 Å². The number of ether oxygens (including phenoxy) is 1. The lowest BCUT2D eigenvalue weighted by molar-refractivity contribution is -0.134. The van der Waals surface area contributed by atoms with Crippen LogP contribution in [-0.2, 0) is 9.53 Å². The molecule has 0 saturated carbocycles. The van der Waals surface area contributed by atoms with Gasteiger partial charge in [-0.15, -0.1) is 11.3 Å². The average Bonchev–Trinajstić information content (AvgIpc) is 3.06. The molecule has 128 valence electrons. The molecule has 0 radical (unpaired) electrons. The van der Waals surface area contributed by atoms with Gasteiger partial charge in [0.15, 0.2) is 5.13 Å². The Labute approximate surface area is 140 Å². The Hall–Kier alpha value is -1.83. The highest BCUT2D eigenvalue weighted by Crippen LogP contribution is 2.19. The number of hydrogen-bond donors (Lipinski definition) is 1. The SMILES string of the molecule is CCOC(=O)NC(C(=O)N1CCN(c2nccs2)CC1)C(C)C. The fraction of sp³-hybridized carbons (Fsp3) is 0.667. The molecular formula is C15H24N4O3S. The lowest BCUT2D eigenvalue weighted by atomic mass is 10.0. The molecule has 1 N–H and O–H groups in total. The number of carbonyl (C=O) groups is 2. The fourth-order valence-electron chi connectivity index (χ4n) is 2.50. The summed E-state index contributed by atoms with van der Waals surface area (Å²) < 4.78 is 4.89. The van der Waals surface area contributed by atoms with Crippen LogP contribution >= 0.6 is 11.3 Å². The van der Waals surface area contributed by atoms with Gasteiger partial charge < -0.3 is 19.9 Å². The number of alkyl carbamates (subject to hydrolysis) is 1. The second-order valence-corrected chi connectivity index (χ2v) is 6.59. The van der Waals surface area contributed by atoms with Crippen molar-refractivity contribution < 1.29 is 14.3 Å². The van der Waals surface area contributed by atoms with E-state index in [1.807, 2.05) is 19.2 Å². The molecule has 1 aromatic heterocycles. The van der Waals surface area contributed by atoms with Gasteiger partial charge in [0.25, 0.3) is 0 Å². The zero-order chi connectivity index (χ0) is 16.8. The van der Waals surface area contributed by atoms with Gasteiger partial charge in [-0.2, -0.15) is 0 Å². The van der Waals surface area contributed by atoms with E-state index in [0.29, 0.717) is 13.1 Å².